The molecular formula is C23H29N3O4. The summed E-state index contributed by atoms with van der Waals surface area (Å²) in [5, 5.41) is 5.71. The number of rotatable bonds is 8. The summed E-state index contributed by atoms with van der Waals surface area (Å²) >= 11 is 0. The number of pyridine rings is 1. The maximum atomic E-state index is 12.3. The van der Waals surface area contributed by atoms with Gasteiger partial charge in [0.05, 0.1) is 6.10 Å². The van der Waals surface area contributed by atoms with E-state index in [1.165, 1.54) is 12.8 Å². The van der Waals surface area contributed by atoms with Crippen molar-refractivity contribution in [2.75, 3.05) is 18.5 Å². The van der Waals surface area contributed by atoms with Crippen LogP contribution in [0.2, 0.25) is 0 Å². The molecule has 7 nitrogen and oxygen atoms in total. The molecule has 4 rings (SSSR count). The lowest BCUT2D eigenvalue weighted by molar-refractivity contribution is 0.0679. The number of benzene rings is 1. The number of hydrogen-bond donors (Lipinski definition) is 2. The average Bonchev–Trinajstić information content (AvgIpc) is 3.47. The summed E-state index contributed by atoms with van der Waals surface area (Å²) in [5.41, 5.74) is 1.57. The van der Waals surface area contributed by atoms with Crippen molar-refractivity contribution in [2.24, 2.45) is 0 Å². The smallest absolute Gasteiger partial charge is 0.319 e. The topological polar surface area (TPSA) is 81.7 Å². The normalized spacial score (nSPS) is 18.9. The highest BCUT2D eigenvalue weighted by Gasteiger charge is 2.19. The van der Waals surface area contributed by atoms with Crippen LogP contribution in [0.3, 0.4) is 0 Å². The van der Waals surface area contributed by atoms with E-state index in [2.05, 4.69) is 15.6 Å². The molecule has 7 heteroatoms. The van der Waals surface area contributed by atoms with Gasteiger partial charge in [-0.05, 0) is 68.9 Å². The molecule has 2 aliphatic rings. The molecule has 2 aromatic rings. The Balaban J connectivity index is 1.23. The fourth-order valence-corrected chi connectivity index (χ4v) is 3.78. The van der Waals surface area contributed by atoms with Gasteiger partial charge in [-0.3, -0.25) is 0 Å². The molecule has 0 radical (unpaired) electrons. The fourth-order valence-electron chi connectivity index (χ4n) is 3.78. The Kier molecular flexibility index (Phi) is 7.03. The first-order valence-electron chi connectivity index (χ1n) is 10.8. The molecule has 0 spiro atoms. The fraction of sp³-hybridized carbons (Fsp3) is 0.478. The summed E-state index contributed by atoms with van der Waals surface area (Å²) in [6, 6.07) is 10.8. The third-order valence-electron chi connectivity index (χ3n) is 5.44. The van der Waals surface area contributed by atoms with Gasteiger partial charge in [0.25, 0.3) is 0 Å². The van der Waals surface area contributed by atoms with Crippen LogP contribution in [0.25, 0.3) is 0 Å². The summed E-state index contributed by atoms with van der Waals surface area (Å²) in [6.45, 7) is 1.73. The molecule has 2 fully saturated rings. The number of carbonyl (C=O) groups is 1. The van der Waals surface area contributed by atoms with Gasteiger partial charge < -0.3 is 24.8 Å². The van der Waals surface area contributed by atoms with Gasteiger partial charge in [0.15, 0.2) is 0 Å². The quantitative estimate of drug-likeness (QED) is 0.677. The van der Waals surface area contributed by atoms with E-state index in [-0.39, 0.29) is 18.2 Å². The Morgan fingerprint density at radius 2 is 1.93 bits per heavy atom. The monoisotopic (exact) mass is 411 g/mol. The largest absolute Gasteiger partial charge is 0.491 e. The highest BCUT2D eigenvalue weighted by molar-refractivity contribution is 5.89. The maximum absolute atomic E-state index is 12.3. The summed E-state index contributed by atoms with van der Waals surface area (Å²) in [7, 11) is 0. The number of aromatic nitrogens is 1. The van der Waals surface area contributed by atoms with Crippen molar-refractivity contribution >= 4 is 11.7 Å². The van der Waals surface area contributed by atoms with Crippen LogP contribution in [0.15, 0.2) is 42.6 Å². The number of hydrogen-bond acceptors (Lipinski definition) is 5. The molecule has 1 aliphatic heterocycles. The van der Waals surface area contributed by atoms with E-state index < -0.39 is 0 Å². The maximum Gasteiger partial charge on any atom is 0.319 e. The Morgan fingerprint density at radius 3 is 2.70 bits per heavy atom. The Labute approximate surface area is 177 Å². The van der Waals surface area contributed by atoms with E-state index >= 15 is 0 Å². The van der Waals surface area contributed by atoms with Gasteiger partial charge in [-0.25, -0.2) is 9.78 Å². The number of anilines is 1. The molecule has 0 bridgehead atoms. The molecular weight excluding hydrogens is 382 g/mol. The van der Waals surface area contributed by atoms with Gasteiger partial charge in [0, 0.05) is 30.6 Å². The van der Waals surface area contributed by atoms with Crippen molar-refractivity contribution in [3.05, 3.63) is 48.2 Å². The molecule has 1 aromatic carbocycles. The van der Waals surface area contributed by atoms with E-state index in [0.717, 1.165) is 43.6 Å². The predicted molar refractivity (Wildman–Crippen MR) is 114 cm³/mol. The van der Waals surface area contributed by atoms with Crippen LogP contribution in [0, 0.1) is 0 Å². The standard InChI is InChI=1S/C23H29N3O4/c27-23(25-15-17-5-3-13-24-22(17)30-20-6-1-2-7-20)26-18-9-11-19(12-10-18)29-16-21-8-4-14-28-21/h3,5,9-13,20-21H,1-2,4,6-8,14-16H2,(H2,25,26,27). The van der Waals surface area contributed by atoms with Crippen LogP contribution < -0.4 is 20.1 Å². The van der Waals surface area contributed by atoms with Gasteiger partial charge in [0.2, 0.25) is 5.88 Å². The average molecular weight is 412 g/mol. The van der Waals surface area contributed by atoms with Crippen LogP contribution in [0.1, 0.15) is 44.1 Å². The SMILES string of the molecule is O=C(NCc1cccnc1OC1CCCC1)Nc1ccc(OCC2CCCO2)cc1. The molecule has 2 heterocycles. The highest BCUT2D eigenvalue weighted by atomic mass is 16.5. The van der Waals surface area contributed by atoms with Gasteiger partial charge in [-0.1, -0.05) is 6.07 Å². The van der Waals surface area contributed by atoms with Crippen molar-refractivity contribution < 1.29 is 19.0 Å². The van der Waals surface area contributed by atoms with Crippen molar-refractivity contribution in [1.82, 2.24) is 10.3 Å². The number of ether oxygens (including phenoxy) is 3. The minimum atomic E-state index is -0.279. The molecule has 1 aromatic heterocycles. The molecule has 2 amide bonds. The number of carbonyl (C=O) groups excluding carboxylic acids is 1. The summed E-state index contributed by atoms with van der Waals surface area (Å²) in [4.78, 5) is 16.6. The predicted octanol–water partition coefficient (Wildman–Crippen LogP) is 4.28. The summed E-state index contributed by atoms with van der Waals surface area (Å²) < 4.78 is 17.3. The first-order valence-corrected chi connectivity index (χ1v) is 10.8. The van der Waals surface area contributed by atoms with E-state index in [4.69, 9.17) is 14.2 Å². The molecule has 1 atom stereocenters. The lowest BCUT2D eigenvalue weighted by Crippen LogP contribution is -2.28. The van der Waals surface area contributed by atoms with Crippen molar-refractivity contribution in [1.29, 1.82) is 0 Å². The van der Waals surface area contributed by atoms with E-state index in [1.807, 2.05) is 36.4 Å². The number of urea groups is 1. The van der Waals surface area contributed by atoms with Gasteiger partial charge in [-0.2, -0.15) is 0 Å². The van der Waals surface area contributed by atoms with Gasteiger partial charge in [-0.15, -0.1) is 0 Å². The van der Waals surface area contributed by atoms with Crippen molar-refractivity contribution in [3.8, 4) is 11.6 Å². The van der Waals surface area contributed by atoms with Gasteiger partial charge in [0.1, 0.15) is 18.5 Å². The lowest BCUT2D eigenvalue weighted by atomic mass is 10.2. The second-order valence-corrected chi connectivity index (χ2v) is 7.77. The Hall–Kier alpha value is -2.80. The minimum absolute atomic E-state index is 0.184. The first-order chi connectivity index (χ1) is 14.8. The molecule has 30 heavy (non-hydrogen) atoms. The second-order valence-electron chi connectivity index (χ2n) is 7.77. The number of amides is 2. The highest BCUT2D eigenvalue weighted by Crippen LogP contribution is 2.25. The van der Waals surface area contributed by atoms with E-state index in [1.54, 1.807) is 6.20 Å². The van der Waals surface area contributed by atoms with Crippen LogP contribution in [0.4, 0.5) is 10.5 Å². The molecule has 1 saturated heterocycles. The number of nitrogens with one attached hydrogen (secondary N) is 2. The zero-order valence-electron chi connectivity index (χ0n) is 17.1. The first kappa shape index (κ1) is 20.5. The Bertz CT molecular complexity index is 815. The zero-order valence-corrected chi connectivity index (χ0v) is 17.1. The van der Waals surface area contributed by atoms with Crippen molar-refractivity contribution in [2.45, 2.75) is 57.3 Å². The third-order valence-corrected chi connectivity index (χ3v) is 5.44. The van der Waals surface area contributed by atoms with Crippen LogP contribution in [0.5, 0.6) is 11.6 Å². The molecule has 1 unspecified atom stereocenters. The van der Waals surface area contributed by atoms with Crippen LogP contribution >= 0.6 is 0 Å². The van der Waals surface area contributed by atoms with E-state index in [9.17, 15) is 4.79 Å². The molecule has 160 valence electrons. The minimum Gasteiger partial charge on any atom is -0.491 e. The van der Waals surface area contributed by atoms with Crippen LogP contribution in [-0.2, 0) is 11.3 Å². The number of nitrogens with zero attached hydrogens (tertiary/aromatic N) is 1. The summed E-state index contributed by atoms with van der Waals surface area (Å²) in [6.07, 6.45) is 8.81. The second kappa shape index (κ2) is 10.3. The molecule has 1 saturated carbocycles. The van der Waals surface area contributed by atoms with Gasteiger partial charge >= 0.3 is 6.03 Å². The third kappa shape index (κ3) is 5.86. The molecule has 1 aliphatic carbocycles. The van der Waals surface area contributed by atoms with Crippen LogP contribution in [-0.4, -0.2) is 36.4 Å². The van der Waals surface area contributed by atoms with Crippen molar-refractivity contribution in [3.63, 3.8) is 0 Å². The van der Waals surface area contributed by atoms with E-state index in [0.29, 0.717) is 24.7 Å². The zero-order chi connectivity index (χ0) is 20.6. The summed E-state index contributed by atoms with van der Waals surface area (Å²) in [5.74, 6) is 1.37. The Morgan fingerprint density at radius 1 is 1.10 bits per heavy atom. The lowest BCUT2D eigenvalue weighted by Gasteiger charge is -2.15. The molecule has 2 N–H and O–H groups in total.